The minimum atomic E-state index is -0.689. The van der Waals surface area contributed by atoms with Gasteiger partial charge in [-0.15, -0.1) is 0 Å². The van der Waals surface area contributed by atoms with E-state index in [2.05, 4.69) is 15.8 Å². The Bertz CT molecular complexity index is 926. The van der Waals surface area contributed by atoms with Crippen LogP contribution in [0.2, 0.25) is 0 Å². The van der Waals surface area contributed by atoms with Crippen LogP contribution in [0.1, 0.15) is 24.2 Å². The van der Waals surface area contributed by atoms with Gasteiger partial charge in [0.25, 0.3) is 5.91 Å². The van der Waals surface area contributed by atoms with Crippen molar-refractivity contribution in [2.24, 2.45) is 0 Å². The van der Waals surface area contributed by atoms with E-state index in [0.717, 1.165) is 0 Å². The van der Waals surface area contributed by atoms with E-state index in [1.807, 2.05) is 0 Å². The molecule has 1 aromatic carbocycles. The fourth-order valence-electron chi connectivity index (χ4n) is 3.37. The van der Waals surface area contributed by atoms with Crippen molar-refractivity contribution in [1.82, 2.24) is 20.7 Å². The van der Waals surface area contributed by atoms with Crippen LogP contribution in [0.15, 0.2) is 28.8 Å². The normalized spacial score (nSPS) is 18.9. The number of rotatable bonds is 4. The largest absolute Gasteiger partial charge is 0.360 e. The van der Waals surface area contributed by atoms with Gasteiger partial charge in [0, 0.05) is 30.5 Å². The second-order valence-corrected chi connectivity index (χ2v) is 6.53. The molecule has 27 heavy (non-hydrogen) atoms. The molecule has 0 saturated carbocycles. The summed E-state index contributed by atoms with van der Waals surface area (Å²) < 4.78 is 19.4. The molecule has 1 saturated heterocycles. The molecule has 4 rings (SSSR count). The van der Waals surface area contributed by atoms with Gasteiger partial charge in [-0.3, -0.25) is 14.9 Å². The maximum Gasteiger partial charge on any atom is 0.322 e. The minimum Gasteiger partial charge on any atom is -0.360 e. The Morgan fingerprint density at radius 3 is 2.89 bits per heavy atom. The zero-order valence-electron chi connectivity index (χ0n) is 14.3. The van der Waals surface area contributed by atoms with Crippen molar-refractivity contribution >= 4 is 17.8 Å². The highest BCUT2D eigenvalue weighted by molar-refractivity contribution is 6.04. The third-order valence-electron chi connectivity index (χ3n) is 4.81. The molecule has 4 amide bonds. The van der Waals surface area contributed by atoms with Crippen molar-refractivity contribution in [3.8, 4) is 11.3 Å². The molecule has 1 aromatic heterocycles. The molecular weight excluding hydrogens is 355 g/mol. The fraction of sp³-hybridized carbons (Fsp3) is 0.333. The van der Waals surface area contributed by atoms with Crippen molar-refractivity contribution in [1.29, 1.82) is 0 Å². The fourth-order valence-corrected chi connectivity index (χ4v) is 3.37. The average molecular weight is 372 g/mol. The van der Waals surface area contributed by atoms with Crippen LogP contribution in [0.3, 0.4) is 0 Å². The molecule has 9 heteroatoms. The van der Waals surface area contributed by atoms with E-state index in [-0.39, 0.29) is 25.3 Å². The number of benzene rings is 1. The average Bonchev–Trinajstić information content (AvgIpc) is 3.22. The van der Waals surface area contributed by atoms with Gasteiger partial charge in [-0.1, -0.05) is 17.3 Å². The smallest absolute Gasteiger partial charge is 0.322 e. The molecule has 1 atom stereocenters. The number of halogens is 1. The molecule has 2 N–H and O–H groups in total. The lowest BCUT2D eigenvalue weighted by molar-refractivity contribution is -0.132. The first-order valence-corrected chi connectivity index (χ1v) is 8.64. The molecule has 1 unspecified atom stereocenters. The molecule has 3 heterocycles. The van der Waals surface area contributed by atoms with E-state index in [1.165, 1.54) is 6.07 Å². The number of urea groups is 1. The topological polar surface area (TPSA) is 105 Å². The van der Waals surface area contributed by atoms with Crippen molar-refractivity contribution in [3.63, 3.8) is 0 Å². The van der Waals surface area contributed by atoms with E-state index >= 15 is 0 Å². The minimum absolute atomic E-state index is 0.119. The van der Waals surface area contributed by atoms with Crippen LogP contribution in [0.4, 0.5) is 9.18 Å². The number of fused-ring (bicyclic) bond motifs is 1. The maximum atomic E-state index is 14.1. The second kappa shape index (κ2) is 6.82. The third kappa shape index (κ3) is 3.27. The third-order valence-corrected chi connectivity index (χ3v) is 4.81. The summed E-state index contributed by atoms with van der Waals surface area (Å²) in [6.45, 7) is 0.728. The number of imide groups is 1. The number of amides is 4. The Morgan fingerprint density at radius 1 is 1.33 bits per heavy atom. The lowest BCUT2D eigenvalue weighted by Gasteiger charge is -2.26. The monoisotopic (exact) mass is 372 g/mol. The van der Waals surface area contributed by atoms with Crippen LogP contribution in [0, 0.1) is 5.82 Å². The zero-order valence-corrected chi connectivity index (χ0v) is 14.3. The van der Waals surface area contributed by atoms with Gasteiger partial charge in [-0.25, -0.2) is 9.18 Å². The Kier molecular flexibility index (Phi) is 4.35. The predicted molar refractivity (Wildman–Crippen MR) is 90.7 cm³/mol. The van der Waals surface area contributed by atoms with Crippen LogP contribution < -0.4 is 10.6 Å². The molecule has 0 spiro atoms. The molecule has 1 fully saturated rings. The second-order valence-electron chi connectivity index (χ2n) is 6.53. The highest BCUT2D eigenvalue weighted by atomic mass is 19.1. The van der Waals surface area contributed by atoms with Crippen LogP contribution in [0.5, 0.6) is 0 Å². The van der Waals surface area contributed by atoms with E-state index in [0.29, 0.717) is 35.5 Å². The first kappa shape index (κ1) is 17.2. The van der Waals surface area contributed by atoms with Gasteiger partial charge in [0.2, 0.25) is 5.91 Å². The molecular formula is C18H17FN4O4. The van der Waals surface area contributed by atoms with E-state index < -0.39 is 23.8 Å². The zero-order chi connectivity index (χ0) is 19.0. The number of nitrogens with zero attached hydrogens (tertiary/aromatic N) is 2. The van der Waals surface area contributed by atoms with Gasteiger partial charge >= 0.3 is 6.03 Å². The number of hydrogen-bond acceptors (Lipinski definition) is 5. The molecule has 2 aliphatic heterocycles. The number of aromatic nitrogens is 1. The summed E-state index contributed by atoms with van der Waals surface area (Å²) >= 11 is 0. The Balaban J connectivity index is 1.46. The number of carbonyl (C=O) groups is 3. The van der Waals surface area contributed by atoms with Gasteiger partial charge in [0.15, 0.2) is 0 Å². The molecule has 0 aliphatic carbocycles. The number of nitrogens with one attached hydrogen (secondary N) is 2. The first-order valence-electron chi connectivity index (χ1n) is 8.64. The molecule has 0 bridgehead atoms. The van der Waals surface area contributed by atoms with Gasteiger partial charge in [0.05, 0.1) is 6.54 Å². The van der Waals surface area contributed by atoms with E-state index in [4.69, 9.17) is 4.52 Å². The van der Waals surface area contributed by atoms with Crippen LogP contribution in [-0.2, 0) is 22.6 Å². The quantitative estimate of drug-likeness (QED) is 0.789. The number of carbonyl (C=O) groups excluding carboxylic acids is 3. The molecule has 140 valence electrons. The summed E-state index contributed by atoms with van der Waals surface area (Å²) in [5, 5.41) is 8.61. The van der Waals surface area contributed by atoms with Crippen molar-refractivity contribution in [3.05, 3.63) is 41.4 Å². The van der Waals surface area contributed by atoms with Gasteiger partial charge in [-0.2, -0.15) is 0 Å². The summed E-state index contributed by atoms with van der Waals surface area (Å²) in [6, 6.07) is 5.05. The summed E-state index contributed by atoms with van der Waals surface area (Å²) in [6.07, 6.45) is 0.834. The number of hydrogen-bond donors (Lipinski definition) is 2. The van der Waals surface area contributed by atoms with Gasteiger partial charge < -0.3 is 14.7 Å². The Labute approximate surface area is 153 Å². The van der Waals surface area contributed by atoms with Crippen molar-refractivity contribution < 1.29 is 23.3 Å². The Morgan fingerprint density at radius 2 is 2.15 bits per heavy atom. The van der Waals surface area contributed by atoms with Crippen molar-refractivity contribution in [2.45, 2.75) is 31.8 Å². The van der Waals surface area contributed by atoms with Crippen LogP contribution in [-0.4, -0.2) is 40.5 Å². The SMILES string of the molecule is O=C1NC(=O)C(CCC(=O)N2CCc3onc(-c4ccccc4F)c3C2)N1. The summed E-state index contributed by atoms with van der Waals surface area (Å²) in [4.78, 5) is 36.9. The first-order chi connectivity index (χ1) is 13.0. The van der Waals surface area contributed by atoms with Gasteiger partial charge in [0.1, 0.15) is 23.3 Å². The standard InChI is InChI=1S/C18H17FN4O4/c19-12-4-2-1-3-10(12)16-11-9-23(8-7-14(11)27-22-16)15(24)6-5-13-17(25)21-18(26)20-13/h1-4,13H,5-9H2,(H2,20,21,25,26). The molecule has 2 aromatic rings. The highest BCUT2D eigenvalue weighted by Crippen LogP contribution is 2.31. The highest BCUT2D eigenvalue weighted by Gasteiger charge is 2.32. The Hall–Kier alpha value is -3.23. The van der Waals surface area contributed by atoms with Crippen LogP contribution >= 0.6 is 0 Å². The summed E-state index contributed by atoms with van der Waals surface area (Å²) in [5.41, 5.74) is 1.44. The molecule has 2 aliphatic rings. The van der Waals surface area contributed by atoms with Crippen LogP contribution in [0.25, 0.3) is 11.3 Å². The predicted octanol–water partition coefficient (Wildman–Crippen LogP) is 1.35. The van der Waals surface area contributed by atoms with Crippen molar-refractivity contribution in [2.75, 3.05) is 6.54 Å². The maximum absolute atomic E-state index is 14.1. The summed E-state index contributed by atoms with van der Waals surface area (Å²) in [5.74, 6) is -0.315. The molecule has 0 radical (unpaired) electrons. The van der Waals surface area contributed by atoms with E-state index in [1.54, 1.807) is 23.1 Å². The lowest BCUT2D eigenvalue weighted by Crippen LogP contribution is -2.37. The molecule has 8 nitrogen and oxygen atoms in total. The van der Waals surface area contributed by atoms with E-state index in [9.17, 15) is 18.8 Å². The summed E-state index contributed by atoms with van der Waals surface area (Å²) in [7, 11) is 0. The lowest BCUT2D eigenvalue weighted by atomic mass is 10.0. The van der Waals surface area contributed by atoms with Gasteiger partial charge in [-0.05, 0) is 18.6 Å².